The minimum atomic E-state index is -1.16. The molecule has 4 rings (SSSR count). The van der Waals surface area contributed by atoms with Crippen molar-refractivity contribution in [2.75, 3.05) is 23.8 Å². The van der Waals surface area contributed by atoms with E-state index in [1.54, 1.807) is 48.5 Å². The van der Waals surface area contributed by atoms with Crippen LogP contribution in [-0.4, -0.2) is 66.0 Å². The monoisotopic (exact) mass is 726 g/mol. The third-order valence-electron chi connectivity index (χ3n) is 6.98. The lowest BCUT2D eigenvalue weighted by Crippen LogP contribution is -2.51. The van der Waals surface area contributed by atoms with Crippen LogP contribution in [0.5, 0.6) is 11.5 Å². The van der Waals surface area contributed by atoms with E-state index >= 15 is 0 Å². The van der Waals surface area contributed by atoms with Crippen molar-refractivity contribution in [2.24, 2.45) is 0 Å². The summed E-state index contributed by atoms with van der Waals surface area (Å²) >= 11 is 0. The molecule has 4 amide bonds. The molecule has 0 heterocycles. The molecule has 5 N–H and O–H groups in total. The average Bonchev–Trinajstić information content (AvgIpc) is 3.13. The first-order valence-corrected chi connectivity index (χ1v) is 16.4. The number of nitrogens with one attached hydrogen (secondary N) is 4. The summed E-state index contributed by atoms with van der Waals surface area (Å²) in [5.74, 6) is -1.24. The first kappa shape index (κ1) is 40.7. The summed E-state index contributed by atoms with van der Waals surface area (Å²) < 4.78 is 15.9. The Morgan fingerprint density at radius 1 is 0.623 bits per heavy atom. The van der Waals surface area contributed by atoms with Gasteiger partial charge in [-0.3, -0.25) is 24.0 Å². The molecule has 14 heteroatoms. The molecule has 0 aromatic heterocycles. The van der Waals surface area contributed by atoms with Gasteiger partial charge in [0.15, 0.2) is 0 Å². The van der Waals surface area contributed by atoms with E-state index in [9.17, 15) is 28.8 Å². The smallest absolute Gasteiger partial charge is 0.408 e. The van der Waals surface area contributed by atoms with Crippen LogP contribution < -0.4 is 30.7 Å². The van der Waals surface area contributed by atoms with Crippen LogP contribution in [0.1, 0.15) is 31.9 Å². The van der Waals surface area contributed by atoms with E-state index in [4.69, 9.17) is 19.3 Å². The highest BCUT2D eigenvalue weighted by atomic mass is 16.5. The topological polar surface area (TPSA) is 198 Å². The number of amides is 4. The molecule has 0 saturated carbocycles. The van der Waals surface area contributed by atoms with Gasteiger partial charge in [0.1, 0.15) is 43.4 Å². The second-order valence-electron chi connectivity index (χ2n) is 11.5. The fraction of sp³-hybridized carbons (Fsp3) is 0.231. The number of ketones is 1. The molecule has 0 aliphatic rings. The Morgan fingerprint density at radius 2 is 1.08 bits per heavy atom. The lowest BCUT2D eigenvalue weighted by Gasteiger charge is -2.20. The summed E-state index contributed by atoms with van der Waals surface area (Å²) in [6.45, 7) is 4.03. The molecule has 0 radical (unpaired) electrons. The van der Waals surface area contributed by atoms with E-state index in [0.29, 0.717) is 22.9 Å². The number of alkyl carbamates (subject to hydrolysis) is 1. The molecular weight excluding hydrogens is 684 g/mol. The Morgan fingerprint density at radius 3 is 1.51 bits per heavy atom. The zero-order valence-corrected chi connectivity index (χ0v) is 29.5. The molecule has 4 aromatic carbocycles. The van der Waals surface area contributed by atoms with Gasteiger partial charge in [0.25, 0.3) is 0 Å². The number of carbonyl (C=O) groups excluding carboxylic acids is 5. The van der Waals surface area contributed by atoms with Crippen molar-refractivity contribution in [3.63, 3.8) is 0 Å². The highest BCUT2D eigenvalue weighted by Crippen LogP contribution is 2.17. The number of carboxylic acids is 1. The SMILES string of the molecule is CC(=O)Nc1ccc(OCC(=O)COc2ccc(NC(C)=O)cc2)cc1.C[C@H](NC(=O)[C@H](Cc1ccccc1)NC(=O)OCc1ccccc1)C(=O)O. The van der Waals surface area contributed by atoms with Crippen molar-refractivity contribution >= 4 is 46.9 Å². The Kier molecular flexibility index (Phi) is 16.5. The Bertz CT molecular complexity index is 1740. The van der Waals surface area contributed by atoms with Gasteiger partial charge in [0, 0.05) is 31.6 Å². The van der Waals surface area contributed by atoms with E-state index in [2.05, 4.69) is 21.3 Å². The molecule has 278 valence electrons. The number of carbonyl (C=O) groups is 6. The fourth-order valence-electron chi connectivity index (χ4n) is 4.39. The highest BCUT2D eigenvalue weighted by molar-refractivity contribution is 5.90. The summed E-state index contributed by atoms with van der Waals surface area (Å²) in [6, 6.07) is 29.6. The predicted octanol–water partition coefficient (Wildman–Crippen LogP) is 4.74. The molecule has 0 fully saturated rings. The highest BCUT2D eigenvalue weighted by Gasteiger charge is 2.25. The van der Waals surface area contributed by atoms with Crippen LogP contribution >= 0.6 is 0 Å². The Labute approximate surface area is 306 Å². The third kappa shape index (κ3) is 16.2. The van der Waals surface area contributed by atoms with Gasteiger partial charge in [0.05, 0.1) is 0 Å². The first-order chi connectivity index (χ1) is 25.4. The zero-order chi connectivity index (χ0) is 38.6. The summed E-state index contributed by atoms with van der Waals surface area (Å²) in [4.78, 5) is 69.3. The summed E-state index contributed by atoms with van der Waals surface area (Å²) in [5.41, 5.74) is 2.95. The van der Waals surface area contributed by atoms with Gasteiger partial charge in [-0.05, 0) is 66.6 Å². The van der Waals surface area contributed by atoms with E-state index in [-0.39, 0.29) is 43.8 Å². The molecule has 4 aromatic rings. The maximum absolute atomic E-state index is 12.4. The van der Waals surface area contributed by atoms with Gasteiger partial charge >= 0.3 is 12.1 Å². The van der Waals surface area contributed by atoms with Crippen LogP contribution in [0.4, 0.5) is 16.2 Å². The first-order valence-electron chi connectivity index (χ1n) is 16.4. The molecule has 0 saturated heterocycles. The number of ether oxygens (including phenoxy) is 3. The lowest BCUT2D eigenvalue weighted by molar-refractivity contribution is -0.141. The molecule has 0 aliphatic carbocycles. The maximum Gasteiger partial charge on any atom is 0.408 e. The van der Waals surface area contributed by atoms with Crippen LogP contribution in [0.15, 0.2) is 109 Å². The quantitative estimate of drug-likeness (QED) is 0.107. The number of rotatable bonds is 16. The van der Waals surface area contributed by atoms with Gasteiger partial charge in [-0.1, -0.05) is 60.7 Å². The van der Waals surface area contributed by atoms with E-state index < -0.39 is 30.1 Å². The third-order valence-corrected chi connectivity index (χ3v) is 6.98. The van der Waals surface area contributed by atoms with Gasteiger partial charge in [-0.25, -0.2) is 4.79 Å². The van der Waals surface area contributed by atoms with Gasteiger partial charge < -0.3 is 40.6 Å². The summed E-state index contributed by atoms with van der Waals surface area (Å²) in [6.07, 6.45) is -0.544. The van der Waals surface area contributed by atoms with Crippen LogP contribution in [0.2, 0.25) is 0 Å². The number of benzene rings is 4. The van der Waals surface area contributed by atoms with Gasteiger partial charge in [-0.15, -0.1) is 0 Å². The number of anilines is 2. The van der Waals surface area contributed by atoms with Crippen molar-refractivity contribution in [1.82, 2.24) is 10.6 Å². The maximum atomic E-state index is 12.4. The van der Waals surface area contributed by atoms with Crippen molar-refractivity contribution in [1.29, 1.82) is 0 Å². The zero-order valence-electron chi connectivity index (χ0n) is 29.5. The molecule has 0 bridgehead atoms. The molecule has 0 unspecified atom stereocenters. The van der Waals surface area contributed by atoms with Gasteiger partial charge in [-0.2, -0.15) is 0 Å². The normalized spacial score (nSPS) is 11.2. The van der Waals surface area contributed by atoms with E-state index in [1.165, 1.54) is 20.8 Å². The lowest BCUT2D eigenvalue weighted by atomic mass is 10.1. The predicted molar refractivity (Wildman–Crippen MR) is 196 cm³/mol. The minimum absolute atomic E-state index is 0.0673. The van der Waals surface area contributed by atoms with Crippen LogP contribution in [0, 0.1) is 0 Å². The largest absolute Gasteiger partial charge is 0.486 e. The van der Waals surface area contributed by atoms with Crippen molar-refractivity contribution in [2.45, 2.75) is 45.9 Å². The summed E-state index contributed by atoms with van der Waals surface area (Å²) in [5, 5.41) is 19.1. The van der Waals surface area contributed by atoms with Crippen LogP contribution in [0.25, 0.3) is 0 Å². The minimum Gasteiger partial charge on any atom is -0.486 e. The van der Waals surface area contributed by atoms with Crippen molar-refractivity contribution < 1.29 is 48.1 Å². The second-order valence-corrected chi connectivity index (χ2v) is 11.5. The Hall–Kier alpha value is -6.70. The van der Waals surface area contributed by atoms with Crippen molar-refractivity contribution in [3.8, 4) is 11.5 Å². The molecular formula is C39H42N4O10. The average molecular weight is 727 g/mol. The van der Waals surface area contributed by atoms with Gasteiger partial charge in [0.2, 0.25) is 23.5 Å². The number of Topliss-reactive ketones (excluding diaryl/α,β-unsaturated/α-hetero) is 1. The van der Waals surface area contributed by atoms with E-state index in [1.807, 2.05) is 60.7 Å². The molecule has 53 heavy (non-hydrogen) atoms. The van der Waals surface area contributed by atoms with Crippen LogP contribution in [0.3, 0.4) is 0 Å². The number of hydrogen-bond donors (Lipinski definition) is 5. The fourth-order valence-corrected chi connectivity index (χ4v) is 4.39. The molecule has 14 nitrogen and oxygen atoms in total. The van der Waals surface area contributed by atoms with Crippen molar-refractivity contribution in [3.05, 3.63) is 120 Å². The number of aliphatic carboxylic acids is 1. The molecule has 0 aliphatic heterocycles. The van der Waals surface area contributed by atoms with E-state index in [0.717, 1.165) is 11.1 Å². The molecule has 0 spiro atoms. The summed E-state index contributed by atoms with van der Waals surface area (Å²) in [7, 11) is 0. The van der Waals surface area contributed by atoms with Crippen LogP contribution in [-0.2, 0) is 41.7 Å². The standard InChI is InChI=1S/C20H22N2O5.C19H20N2O5/c1-14(19(24)25)21-18(23)17(12-15-8-4-2-5-9-15)22-20(26)27-13-16-10-6-3-7-11-16;1-13(22)20-15-3-7-18(8-4-15)25-11-17(24)12-26-19-9-5-16(6-10-19)21-14(2)23/h2-11,14,17H,12-13H2,1H3,(H,21,23)(H,22,26)(H,24,25);3-10H,11-12H2,1-2H3,(H,20,22)(H,21,23)/t14-,17-;/m0./s1. The second kappa shape index (κ2) is 21.5. The number of hydrogen-bond acceptors (Lipinski definition) is 9. The molecule has 2 atom stereocenters. The number of carboxylic acid groups (broad SMARTS) is 1. The Balaban J connectivity index is 0.000000286.